The van der Waals surface area contributed by atoms with Crippen LogP contribution in [0.15, 0.2) is 52.9 Å². The lowest BCUT2D eigenvalue weighted by molar-refractivity contribution is -0.127. The van der Waals surface area contributed by atoms with Crippen LogP contribution in [0.25, 0.3) is 22.3 Å². The van der Waals surface area contributed by atoms with Gasteiger partial charge in [0.05, 0.1) is 13.2 Å². The summed E-state index contributed by atoms with van der Waals surface area (Å²) < 4.78 is 11.2. The molecule has 0 spiro atoms. The smallest absolute Gasteiger partial charge is 0.234 e. The number of hydrogen-bond acceptors (Lipinski definition) is 4. The Kier molecular flexibility index (Phi) is 3.93. The van der Waals surface area contributed by atoms with Crippen molar-refractivity contribution in [3.8, 4) is 17.1 Å². The van der Waals surface area contributed by atoms with E-state index in [2.05, 4.69) is 11.0 Å². The summed E-state index contributed by atoms with van der Waals surface area (Å²) in [6, 6.07) is 15.8. The van der Waals surface area contributed by atoms with E-state index in [9.17, 15) is 4.79 Å². The molecule has 128 valence electrons. The fraction of sp³-hybridized carbons (Fsp3) is 0.250. The molecule has 5 nitrogen and oxygen atoms in total. The highest BCUT2D eigenvalue weighted by atomic mass is 16.5. The summed E-state index contributed by atoms with van der Waals surface area (Å²) >= 11 is 0. The number of hydrogen-bond donors (Lipinski definition) is 1. The molecule has 2 heterocycles. The van der Waals surface area contributed by atoms with Crippen molar-refractivity contribution in [3.63, 3.8) is 0 Å². The molecular weight excluding hydrogens is 316 g/mol. The van der Waals surface area contributed by atoms with Crippen molar-refractivity contribution in [1.29, 1.82) is 0 Å². The Balaban J connectivity index is 1.60. The minimum atomic E-state index is -0.240. The van der Waals surface area contributed by atoms with Crippen LogP contribution >= 0.6 is 0 Å². The van der Waals surface area contributed by atoms with Gasteiger partial charge in [0.25, 0.3) is 0 Å². The van der Waals surface area contributed by atoms with Gasteiger partial charge in [0, 0.05) is 24.0 Å². The number of nitrogens with two attached hydrogens (primary N) is 1. The van der Waals surface area contributed by atoms with Crippen LogP contribution in [-0.2, 0) is 11.3 Å². The van der Waals surface area contributed by atoms with Gasteiger partial charge in [0.1, 0.15) is 17.1 Å². The monoisotopic (exact) mass is 336 g/mol. The zero-order chi connectivity index (χ0) is 17.4. The van der Waals surface area contributed by atoms with Crippen LogP contribution in [0.4, 0.5) is 0 Å². The zero-order valence-corrected chi connectivity index (χ0v) is 14.1. The van der Waals surface area contributed by atoms with Gasteiger partial charge in [-0.3, -0.25) is 9.69 Å². The van der Waals surface area contributed by atoms with Gasteiger partial charge in [-0.2, -0.15) is 0 Å². The van der Waals surface area contributed by atoms with Crippen LogP contribution in [-0.4, -0.2) is 30.5 Å². The Hall–Kier alpha value is -2.79. The highest BCUT2D eigenvalue weighted by Crippen LogP contribution is 2.31. The predicted molar refractivity (Wildman–Crippen MR) is 96.2 cm³/mol. The number of likely N-dealkylation sites (tertiary alicyclic amines) is 1. The van der Waals surface area contributed by atoms with E-state index < -0.39 is 0 Å². The number of rotatable bonds is 5. The second kappa shape index (κ2) is 6.26. The molecule has 0 aliphatic carbocycles. The topological polar surface area (TPSA) is 68.7 Å². The van der Waals surface area contributed by atoms with E-state index in [1.54, 1.807) is 7.11 Å². The van der Waals surface area contributed by atoms with Crippen LogP contribution in [0.2, 0.25) is 0 Å². The van der Waals surface area contributed by atoms with Gasteiger partial charge in [-0.25, -0.2) is 0 Å². The largest absolute Gasteiger partial charge is 0.497 e. The number of ether oxygens (including phenoxy) is 1. The predicted octanol–water partition coefficient (Wildman–Crippen LogP) is 3.17. The summed E-state index contributed by atoms with van der Waals surface area (Å²) in [5.74, 6) is 1.37. The maximum atomic E-state index is 11.4. The van der Waals surface area contributed by atoms with Crippen LogP contribution in [0.5, 0.6) is 5.75 Å². The molecule has 1 aromatic heterocycles. The van der Waals surface area contributed by atoms with Crippen LogP contribution < -0.4 is 10.5 Å². The number of carbonyl (C=O) groups excluding carboxylic acids is 1. The third-order valence-corrected chi connectivity index (χ3v) is 4.78. The van der Waals surface area contributed by atoms with Crippen molar-refractivity contribution in [2.45, 2.75) is 19.0 Å². The molecule has 1 atom stereocenters. The maximum Gasteiger partial charge on any atom is 0.234 e. The van der Waals surface area contributed by atoms with E-state index in [0.717, 1.165) is 53.1 Å². The van der Waals surface area contributed by atoms with Crippen molar-refractivity contribution in [3.05, 3.63) is 54.1 Å². The first-order valence-electron chi connectivity index (χ1n) is 8.34. The van der Waals surface area contributed by atoms with Crippen molar-refractivity contribution >= 4 is 16.9 Å². The van der Waals surface area contributed by atoms with E-state index in [1.165, 1.54) is 0 Å². The normalized spacial score (nSPS) is 17.4. The first-order valence-corrected chi connectivity index (χ1v) is 8.34. The first-order chi connectivity index (χ1) is 12.1. The highest BCUT2D eigenvalue weighted by molar-refractivity contribution is 5.84. The third kappa shape index (κ3) is 2.98. The zero-order valence-electron chi connectivity index (χ0n) is 14.1. The van der Waals surface area contributed by atoms with Crippen LogP contribution in [0, 0.1) is 0 Å². The number of amides is 1. The minimum Gasteiger partial charge on any atom is -0.497 e. The molecule has 1 amide bonds. The van der Waals surface area contributed by atoms with Crippen molar-refractivity contribution < 1.29 is 13.9 Å². The molecule has 25 heavy (non-hydrogen) atoms. The first kappa shape index (κ1) is 15.7. The van der Waals surface area contributed by atoms with E-state index in [4.69, 9.17) is 14.9 Å². The Labute approximate surface area is 146 Å². The summed E-state index contributed by atoms with van der Waals surface area (Å²) in [5, 5.41) is 1.05. The molecule has 1 fully saturated rings. The number of methoxy groups -OCH3 is 1. The second-order valence-electron chi connectivity index (χ2n) is 6.39. The molecule has 0 bridgehead atoms. The molecule has 5 heteroatoms. The average molecular weight is 336 g/mol. The van der Waals surface area contributed by atoms with E-state index in [0.29, 0.717) is 0 Å². The lowest BCUT2D eigenvalue weighted by Crippen LogP contribution is -2.54. The van der Waals surface area contributed by atoms with Crippen molar-refractivity contribution in [1.82, 2.24) is 4.90 Å². The fourth-order valence-corrected chi connectivity index (χ4v) is 3.30. The summed E-state index contributed by atoms with van der Waals surface area (Å²) in [5.41, 5.74) is 8.39. The number of carbonyl (C=O) groups is 1. The van der Waals surface area contributed by atoms with Gasteiger partial charge in [-0.05, 0) is 42.3 Å². The number of nitrogens with zero attached hydrogens (tertiary/aromatic N) is 1. The Morgan fingerprint density at radius 3 is 2.88 bits per heavy atom. The van der Waals surface area contributed by atoms with Gasteiger partial charge >= 0.3 is 0 Å². The Morgan fingerprint density at radius 2 is 2.16 bits per heavy atom. The molecule has 0 saturated carbocycles. The molecule has 2 N–H and O–H groups in total. The summed E-state index contributed by atoms with van der Waals surface area (Å²) in [6.07, 6.45) is 0.850. The summed E-state index contributed by atoms with van der Waals surface area (Å²) in [7, 11) is 1.65. The second-order valence-corrected chi connectivity index (χ2v) is 6.39. The molecule has 0 radical (unpaired) electrons. The van der Waals surface area contributed by atoms with Gasteiger partial charge in [0.2, 0.25) is 5.91 Å². The van der Waals surface area contributed by atoms with E-state index in [1.807, 2.05) is 42.5 Å². The van der Waals surface area contributed by atoms with Gasteiger partial charge in [0.15, 0.2) is 0 Å². The number of furan rings is 1. The molecule has 3 aromatic rings. The van der Waals surface area contributed by atoms with Gasteiger partial charge in [-0.15, -0.1) is 0 Å². The molecule has 0 unspecified atom stereocenters. The molecular formula is C20H20N2O3. The molecule has 1 saturated heterocycles. The molecule has 4 rings (SSSR count). The van der Waals surface area contributed by atoms with Gasteiger partial charge in [-0.1, -0.05) is 18.2 Å². The quantitative estimate of drug-likeness (QED) is 0.777. The maximum absolute atomic E-state index is 11.4. The SMILES string of the molecule is COc1cccc(-c2cc3cc(CN4CC[C@H]4C(N)=O)ccc3o2)c1. The summed E-state index contributed by atoms with van der Waals surface area (Å²) in [4.78, 5) is 13.5. The number of fused-ring (bicyclic) bond motifs is 1. The Bertz CT molecular complexity index is 932. The lowest BCUT2D eigenvalue weighted by atomic mass is 10.0. The van der Waals surface area contributed by atoms with Crippen LogP contribution in [0.1, 0.15) is 12.0 Å². The lowest BCUT2D eigenvalue weighted by Gasteiger charge is -2.38. The Morgan fingerprint density at radius 1 is 1.28 bits per heavy atom. The average Bonchev–Trinajstić information content (AvgIpc) is 3.01. The molecule has 1 aliphatic rings. The standard InChI is InChI=1S/C20H20N2O3/c1-24-16-4-2-3-14(10-16)19-11-15-9-13(5-6-18(15)25-19)12-22-8-7-17(22)20(21)23/h2-6,9-11,17H,7-8,12H2,1H3,(H2,21,23)/t17-/m0/s1. The van der Waals surface area contributed by atoms with Crippen molar-refractivity contribution in [2.75, 3.05) is 13.7 Å². The fourth-order valence-electron chi connectivity index (χ4n) is 3.30. The minimum absolute atomic E-state index is 0.132. The molecule has 2 aromatic carbocycles. The van der Waals surface area contributed by atoms with Crippen LogP contribution in [0.3, 0.4) is 0 Å². The van der Waals surface area contributed by atoms with E-state index in [-0.39, 0.29) is 11.9 Å². The van der Waals surface area contributed by atoms with E-state index >= 15 is 0 Å². The summed E-state index contributed by atoms with van der Waals surface area (Å²) in [6.45, 7) is 1.63. The number of primary amides is 1. The third-order valence-electron chi connectivity index (χ3n) is 4.78. The van der Waals surface area contributed by atoms with Gasteiger partial charge < -0.3 is 14.9 Å². The number of benzene rings is 2. The molecule has 1 aliphatic heterocycles. The highest BCUT2D eigenvalue weighted by Gasteiger charge is 2.32. The van der Waals surface area contributed by atoms with Crippen molar-refractivity contribution in [2.24, 2.45) is 5.73 Å².